The van der Waals surface area contributed by atoms with E-state index in [0.717, 1.165) is 69.1 Å². The zero-order valence-electron chi connectivity index (χ0n) is 39.8. The molecule has 0 amide bonds. The highest BCUT2D eigenvalue weighted by atomic mass is 16.5. The summed E-state index contributed by atoms with van der Waals surface area (Å²) in [5, 5.41) is 20.5. The van der Waals surface area contributed by atoms with Gasteiger partial charge in [0.05, 0.1) is 95.2 Å². The Morgan fingerprint density at radius 1 is 0.273 bits per heavy atom. The summed E-state index contributed by atoms with van der Waals surface area (Å²) in [6.07, 6.45) is 0. The van der Waals surface area contributed by atoms with Gasteiger partial charge in [-0.25, -0.2) is 0 Å². The van der Waals surface area contributed by atoms with Crippen LogP contribution in [-0.4, -0.2) is 78.9 Å². The molecule has 6 aromatic rings. The number of hydrogen-bond acceptors (Lipinski definition) is 15. The Bertz CT molecular complexity index is 1900. The Labute approximate surface area is 389 Å². The first-order valence-corrected chi connectivity index (χ1v) is 23.5. The molecule has 0 aromatic carbocycles. The monoisotopic (exact) mass is 913 g/mol. The second kappa shape index (κ2) is 23.9. The Morgan fingerprint density at radius 3 is 0.606 bits per heavy atom. The van der Waals surface area contributed by atoms with Crippen molar-refractivity contribution in [1.29, 1.82) is 0 Å². The lowest BCUT2D eigenvalue weighted by Gasteiger charge is -2.19. The lowest BCUT2D eigenvalue weighted by Crippen LogP contribution is -2.23. The maximum atomic E-state index is 6.26. The van der Waals surface area contributed by atoms with E-state index in [4.69, 9.17) is 40.7 Å². The van der Waals surface area contributed by atoms with E-state index < -0.39 is 16.2 Å². The van der Waals surface area contributed by atoms with Crippen LogP contribution in [0.1, 0.15) is 111 Å². The predicted molar refractivity (Wildman–Crippen MR) is 251 cm³/mol. The molecule has 7 rings (SSSR count). The van der Waals surface area contributed by atoms with Gasteiger partial charge in [-0.3, -0.25) is 0 Å². The molecule has 12 bridgehead atoms. The quantitative estimate of drug-likeness (QED) is 0.0899. The van der Waals surface area contributed by atoms with Gasteiger partial charge in [0, 0.05) is 39.3 Å². The van der Waals surface area contributed by atoms with E-state index in [0.29, 0.717) is 118 Å². The molecule has 7 heterocycles. The van der Waals surface area contributed by atoms with Crippen molar-refractivity contribution in [1.82, 2.24) is 31.9 Å². The maximum Gasteiger partial charge on any atom is 0.118 e. The molecular formula is C51H72N6O9. The topological polar surface area (TPSA) is 179 Å². The van der Waals surface area contributed by atoms with Crippen LogP contribution in [0.25, 0.3) is 0 Å². The van der Waals surface area contributed by atoms with Gasteiger partial charge in [0.25, 0.3) is 0 Å². The molecule has 1 aliphatic heterocycles. The van der Waals surface area contributed by atoms with E-state index in [1.165, 1.54) is 0 Å². The summed E-state index contributed by atoms with van der Waals surface area (Å²) in [4.78, 5) is 0. The van der Waals surface area contributed by atoms with Crippen LogP contribution >= 0.6 is 0 Å². The van der Waals surface area contributed by atoms with Gasteiger partial charge >= 0.3 is 0 Å². The van der Waals surface area contributed by atoms with Crippen LogP contribution in [0.15, 0.2) is 99.3 Å². The van der Waals surface area contributed by atoms with Crippen LogP contribution in [0.5, 0.6) is 0 Å². The number of nitrogens with one attached hydrogen (secondary N) is 6. The summed E-state index contributed by atoms with van der Waals surface area (Å²) in [6.45, 7) is 24.2. The fraction of sp³-hybridized carbons (Fsp3) is 0.529. The van der Waals surface area contributed by atoms with Crippen molar-refractivity contribution in [2.75, 3.05) is 78.9 Å². The van der Waals surface area contributed by atoms with Gasteiger partial charge in [-0.2, -0.15) is 0 Å². The molecule has 1 aliphatic rings. The highest BCUT2D eigenvalue weighted by Crippen LogP contribution is 2.36. The Balaban J connectivity index is 0.880. The molecule has 0 aliphatic carbocycles. The lowest BCUT2D eigenvalue weighted by atomic mass is 9.87. The third-order valence-corrected chi connectivity index (χ3v) is 12.0. The van der Waals surface area contributed by atoms with E-state index in [9.17, 15) is 0 Å². The largest absolute Gasteiger partial charge is 0.464 e. The summed E-state index contributed by atoms with van der Waals surface area (Å²) in [5.74, 6) is 10.3. The molecule has 0 fully saturated rings. The Kier molecular flexibility index (Phi) is 17.8. The normalized spacial score (nSPS) is 19.9. The van der Waals surface area contributed by atoms with Crippen LogP contribution in [0.2, 0.25) is 0 Å². The molecule has 15 heteroatoms. The minimum absolute atomic E-state index is 0.424. The number of furan rings is 6. The zero-order valence-corrected chi connectivity index (χ0v) is 39.8. The SMILES string of the molecule is CC1(C)c2ccc(o2)CNCCOCCNCc2ccc(o2)C(C)(C)c2ccc(o2)CNCCOCCNCc2ccc(o2)C(C)(C)c2ccc(o2)CNCCOCCNCc2ccc1o2. The minimum Gasteiger partial charge on any atom is -0.464 e. The van der Waals surface area contributed by atoms with E-state index in [1.54, 1.807) is 0 Å². The van der Waals surface area contributed by atoms with Gasteiger partial charge in [0.15, 0.2) is 0 Å². The summed E-state index contributed by atoms with van der Waals surface area (Å²) in [5.41, 5.74) is -1.27. The van der Waals surface area contributed by atoms with Crippen molar-refractivity contribution in [3.05, 3.63) is 142 Å². The molecule has 0 radical (unpaired) electrons. The molecule has 0 atom stereocenters. The first kappa shape index (κ1) is 49.2. The fourth-order valence-corrected chi connectivity index (χ4v) is 7.66. The third-order valence-electron chi connectivity index (χ3n) is 12.0. The van der Waals surface area contributed by atoms with Crippen molar-refractivity contribution >= 4 is 0 Å². The van der Waals surface area contributed by atoms with Gasteiger partial charge in [0.2, 0.25) is 0 Å². The highest BCUT2D eigenvalue weighted by molar-refractivity contribution is 5.30. The van der Waals surface area contributed by atoms with Crippen LogP contribution in [0.4, 0.5) is 0 Å². The van der Waals surface area contributed by atoms with Crippen molar-refractivity contribution in [2.24, 2.45) is 0 Å². The number of ether oxygens (including phenoxy) is 3. The van der Waals surface area contributed by atoms with Crippen molar-refractivity contribution < 1.29 is 40.7 Å². The Morgan fingerprint density at radius 2 is 0.439 bits per heavy atom. The average molecular weight is 913 g/mol. The molecule has 15 nitrogen and oxygen atoms in total. The van der Waals surface area contributed by atoms with Gasteiger partial charge in [-0.1, -0.05) is 0 Å². The van der Waals surface area contributed by atoms with E-state index >= 15 is 0 Å². The molecule has 0 spiro atoms. The van der Waals surface area contributed by atoms with Crippen molar-refractivity contribution in [3.63, 3.8) is 0 Å². The molecular weight excluding hydrogens is 841 g/mol. The molecule has 360 valence electrons. The molecule has 0 saturated heterocycles. The fourth-order valence-electron chi connectivity index (χ4n) is 7.66. The van der Waals surface area contributed by atoms with Gasteiger partial charge in [-0.15, -0.1) is 0 Å². The zero-order chi connectivity index (χ0) is 46.2. The first-order chi connectivity index (χ1) is 32.0. The lowest BCUT2D eigenvalue weighted by molar-refractivity contribution is 0.136. The van der Waals surface area contributed by atoms with E-state index in [-0.39, 0.29) is 0 Å². The molecule has 0 saturated carbocycles. The van der Waals surface area contributed by atoms with Crippen molar-refractivity contribution in [3.8, 4) is 0 Å². The third kappa shape index (κ3) is 13.7. The second-order valence-electron chi connectivity index (χ2n) is 18.4. The van der Waals surface area contributed by atoms with Crippen LogP contribution in [0.3, 0.4) is 0 Å². The van der Waals surface area contributed by atoms with E-state index in [2.05, 4.69) is 73.4 Å². The van der Waals surface area contributed by atoms with Crippen LogP contribution in [-0.2, 0) is 69.7 Å². The average Bonchev–Trinajstić information content (AvgIpc) is 4.16. The minimum atomic E-state index is -0.424. The van der Waals surface area contributed by atoms with Crippen LogP contribution in [0, 0.1) is 0 Å². The van der Waals surface area contributed by atoms with Crippen LogP contribution < -0.4 is 31.9 Å². The van der Waals surface area contributed by atoms with Gasteiger partial charge in [0.1, 0.15) is 69.1 Å². The predicted octanol–water partition coefficient (Wildman–Crippen LogP) is 7.22. The number of hydrogen-bond donors (Lipinski definition) is 6. The highest BCUT2D eigenvalue weighted by Gasteiger charge is 2.33. The van der Waals surface area contributed by atoms with Crippen molar-refractivity contribution in [2.45, 2.75) is 97.1 Å². The Hall–Kier alpha value is -4.68. The summed E-state index contributed by atoms with van der Waals surface area (Å²) in [7, 11) is 0. The number of rotatable bonds is 0. The first-order valence-electron chi connectivity index (χ1n) is 23.5. The molecule has 6 aromatic heterocycles. The molecule has 6 N–H and O–H groups in total. The smallest absolute Gasteiger partial charge is 0.118 e. The summed E-state index contributed by atoms with van der Waals surface area (Å²) >= 11 is 0. The second-order valence-corrected chi connectivity index (χ2v) is 18.4. The summed E-state index contributed by atoms with van der Waals surface area (Å²) in [6, 6.07) is 24.3. The maximum absolute atomic E-state index is 6.26. The van der Waals surface area contributed by atoms with Gasteiger partial charge in [-0.05, 0) is 114 Å². The molecule has 0 unspecified atom stereocenters. The standard InChI is InChI=1S/C51H72N6O9/c1-49(2)43-13-7-37(61-43)31-52-19-25-58-27-21-54-33-39-9-15-45(63-39)50(3,4)47-17-11-41(65-47)35-56-23-29-60-30-24-57-36-42-12-18-48(66-42)51(5,6)46-16-10-40(64-46)34-55-22-28-59-26-20-53-32-38-8-14-44(49)62-38/h7-18,52-57H,19-36H2,1-6H3. The summed E-state index contributed by atoms with van der Waals surface area (Å²) < 4.78 is 55.1. The number of fused-ring (bicyclic) bond motifs is 12. The van der Waals surface area contributed by atoms with E-state index in [1.807, 2.05) is 72.8 Å². The van der Waals surface area contributed by atoms with Gasteiger partial charge < -0.3 is 72.6 Å². The molecule has 66 heavy (non-hydrogen) atoms.